The maximum atomic E-state index is 11.1. The lowest BCUT2D eigenvalue weighted by molar-refractivity contribution is -0.127. The molecule has 0 rings (SSSR count). The third-order valence-corrected chi connectivity index (χ3v) is 2.25. The highest BCUT2D eigenvalue weighted by Crippen LogP contribution is 2.09. The number of rotatable bonds is 2. The van der Waals surface area contributed by atoms with Crippen LogP contribution in [0.1, 0.15) is 13.8 Å². The fourth-order valence-electron chi connectivity index (χ4n) is 0.319. The van der Waals surface area contributed by atoms with E-state index in [9.17, 15) is 4.79 Å². The first-order chi connectivity index (χ1) is 4.42. The summed E-state index contributed by atoms with van der Waals surface area (Å²) in [5.41, 5.74) is -0.415. The Morgan fingerprint density at radius 3 is 2.00 bits per heavy atom. The van der Waals surface area contributed by atoms with E-state index in [1.165, 1.54) is 0 Å². The monoisotopic (exact) mass is 256 g/mol. The summed E-state index contributed by atoms with van der Waals surface area (Å²) in [6, 6.07) is 0. The molecular weight excluding hydrogens is 243 g/mol. The van der Waals surface area contributed by atoms with E-state index in [4.69, 9.17) is 0 Å². The Kier molecular flexibility index (Phi) is 3.58. The Morgan fingerprint density at radius 2 is 1.90 bits per heavy atom. The maximum Gasteiger partial charge on any atom is 0.248 e. The van der Waals surface area contributed by atoms with Crippen molar-refractivity contribution in [1.29, 1.82) is 0 Å². The van der Waals surface area contributed by atoms with E-state index in [-0.39, 0.29) is 5.91 Å². The maximum absolute atomic E-state index is 11.1. The van der Waals surface area contributed by atoms with Crippen LogP contribution in [0.5, 0.6) is 0 Å². The number of hydrogen-bond donors (Lipinski definition) is 1. The fourth-order valence-corrected chi connectivity index (χ4v) is 0.979. The standard InChI is InChI=1S/C6H13IN2O/c1-6(2,9(3)4)5(10)8-7/h1-4H3,(H,8,10). The summed E-state index contributed by atoms with van der Waals surface area (Å²) in [6.07, 6.45) is 0. The number of likely N-dealkylation sites (N-methyl/N-ethyl adjacent to an activating group) is 1. The van der Waals surface area contributed by atoms with Gasteiger partial charge in [-0.3, -0.25) is 13.2 Å². The summed E-state index contributed by atoms with van der Waals surface area (Å²) < 4.78 is 2.58. The lowest BCUT2D eigenvalue weighted by atomic mass is 10.0. The predicted octanol–water partition coefficient (Wildman–Crippen LogP) is 0.793. The zero-order valence-corrected chi connectivity index (χ0v) is 8.89. The molecule has 0 spiro atoms. The highest BCUT2D eigenvalue weighted by Gasteiger charge is 2.28. The van der Waals surface area contributed by atoms with E-state index in [0.717, 1.165) is 0 Å². The van der Waals surface area contributed by atoms with Crippen molar-refractivity contribution in [1.82, 2.24) is 8.43 Å². The van der Waals surface area contributed by atoms with Crippen LogP contribution in [0.3, 0.4) is 0 Å². The Hall–Kier alpha value is 0.160. The molecule has 0 heterocycles. The zero-order valence-electron chi connectivity index (χ0n) is 6.73. The van der Waals surface area contributed by atoms with Crippen LogP contribution >= 0.6 is 22.9 Å². The second kappa shape index (κ2) is 3.52. The molecule has 0 saturated carbocycles. The van der Waals surface area contributed by atoms with Crippen LogP contribution in [0.2, 0.25) is 0 Å². The van der Waals surface area contributed by atoms with Gasteiger partial charge in [0.2, 0.25) is 5.91 Å². The van der Waals surface area contributed by atoms with Crippen molar-refractivity contribution in [2.45, 2.75) is 19.4 Å². The van der Waals surface area contributed by atoms with Gasteiger partial charge in [-0.1, -0.05) is 0 Å². The molecule has 4 heteroatoms. The van der Waals surface area contributed by atoms with Gasteiger partial charge in [-0.15, -0.1) is 0 Å². The number of halogens is 1. The van der Waals surface area contributed by atoms with Crippen molar-refractivity contribution in [3.05, 3.63) is 0 Å². The third kappa shape index (κ3) is 2.09. The molecule has 1 amide bonds. The van der Waals surface area contributed by atoms with Crippen molar-refractivity contribution in [3.63, 3.8) is 0 Å². The molecule has 0 atom stereocenters. The third-order valence-electron chi connectivity index (χ3n) is 1.76. The van der Waals surface area contributed by atoms with Gasteiger partial charge in [0.05, 0.1) is 28.4 Å². The zero-order chi connectivity index (χ0) is 8.36. The Morgan fingerprint density at radius 1 is 1.50 bits per heavy atom. The van der Waals surface area contributed by atoms with Crippen LogP contribution in [0.4, 0.5) is 0 Å². The average Bonchev–Trinajstić information content (AvgIpc) is 1.86. The van der Waals surface area contributed by atoms with Crippen LogP contribution in [-0.4, -0.2) is 30.4 Å². The number of hydrogen-bond acceptors (Lipinski definition) is 2. The molecule has 0 radical (unpaired) electrons. The van der Waals surface area contributed by atoms with Crippen molar-refractivity contribution < 1.29 is 4.79 Å². The lowest BCUT2D eigenvalue weighted by Crippen LogP contribution is -2.49. The minimum absolute atomic E-state index is 0.0260. The predicted molar refractivity (Wildman–Crippen MR) is 49.9 cm³/mol. The van der Waals surface area contributed by atoms with Gasteiger partial charge in [0.25, 0.3) is 0 Å². The molecule has 3 nitrogen and oxygen atoms in total. The first-order valence-electron chi connectivity index (χ1n) is 3.01. The number of nitrogens with zero attached hydrogens (tertiary/aromatic N) is 1. The van der Waals surface area contributed by atoms with Crippen LogP contribution in [0.25, 0.3) is 0 Å². The van der Waals surface area contributed by atoms with E-state index >= 15 is 0 Å². The van der Waals surface area contributed by atoms with E-state index in [1.54, 1.807) is 0 Å². The van der Waals surface area contributed by atoms with Crippen LogP contribution < -0.4 is 3.53 Å². The van der Waals surface area contributed by atoms with Gasteiger partial charge in [0.1, 0.15) is 0 Å². The smallest absolute Gasteiger partial charge is 0.248 e. The molecular formula is C6H13IN2O. The minimum Gasteiger partial charge on any atom is -0.297 e. The fraction of sp³-hybridized carbons (Fsp3) is 0.833. The molecule has 0 aliphatic carbocycles. The summed E-state index contributed by atoms with van der Waals surface area (Å²) in [5.74, 6) is 0.0260. The van der Waals surface area contributed by atoms with Gasteiger partial charge < -0.3 is 0 Å². The molecule has 0 aromatic heterocycles. The molecule has 0 aromatic carbocycles. The van der Waals surface area contributed by atoms with Gasteiger partial charge in [0, 0.05) is 0 Å². The summed E-state index contributed by atoms with van der Waals surface area (Å²) >= 11 is 1.85. The van der Waals surface area contributed by atoms with E-state index in [0.29, 0.717) is 0 Å². The summed E-state index contributed by atoms with van der Waals surface area (Å²) in [7, 11) is 3.76. The van der Waals surface area contributed by atoms with Crippen LogP contribution in [-0.2, 0) is 4.79 Å². The summed E-state index contributed by atoms with van der Waals surface area (Å²) in [6.45, 7) is 3.75. The van der Waals surface area contributed by atoms with Crippen molar-refractivity contribution >= 4 is 28.8 Å². The molecule has 0 aliphatic rings. The highest BCUT2D eigenvalue weighted by atomic mass is 127. The normalized spacial score (nSPS) is 11.8. The quantitative estimate of drug-likeness (QED) is 0.585. The average molecular weight is 256 g/mol. The van der Waals surface area contributed by atoms with E-state index < -0.39 is 5.54 Å². The first-order valence-corrected chi connectivity index (χ1v) is 4.09. The molecule has 0 saturated heterocycles. The largest absolute Gasteiger partial charge is 0.297 e. The van der Waals surface area contributed by atoms with Crippen LogP contribution in [0, 0.1) is 0 Å². The lowest BCUT2D eigenvalue weighted by Gasteiger charge is -2.29. The van der Waals surface area contributed by atoms with Gasteiger partial charge in [-0.2, -0.15) is 0 Å². The topological polar surface area (TPSA) is 32.3 Å². The van der Waals surface area contributed by atoms with E-state index in [1.807, 2.05) is 55.7 Å². The van der Waals surface area contributed by atoms with Gasteiger partial charge in [-0.05, 0) is 27.9 Å². The number of carbonyl (C=O) groups is 1. The second-order valence-electron chi connectivity index (χ2n) is 2.88. The minimum atomic E-state index is -0.415. The second-order valence-corrected chi connectivity index (χ2v) is 3.42. The molecule has 0 unspecified atom stereocenters. The molecule has 10 heavy (non-hydrogen) atoms. The van der Waals surface area contributed by atoms with Crippen molar-refractivity contribution in [2.75, 3.05) is 14.1 Å². The summed E-state index contributed by atoms with van der Waals surface area (Å²) in [4.78, 5) is 13.0. The highest BCUT2D eigenvalue weighted by molar-refractivity contribution is 14.1. The molecule has 0 aliphatic heterocycles. The number of carbonyl (C=O) groups excluding carboxylic acids is 1. The Bertz CT molecular complexity index is 134. The molecule has 0 aromatic rings. The van der Waals surface area contributed by atoms with Crippen molar-refractivity contribution in [3.8, 4) is 0 Å². The molecule has 1 N–H and O–H groups in total. The Labute approximate surface area is 75.7 Å². The first kappa shape index (κ1) is 10.2. The summed E-state index contributed by atoms with van der Waals surface area (Å²) in [5, 5.41) is 0. The van der Waals surface area contributed by atoms with Gasteiger partial charge in [-0.25, -0.2) is 0 Å². The SMILES string of the molecule is CN(C)C(C)(C)C(=O)NI. The van der Waals surface area contributed by atoms with Crippen LogP contribution in [0.15, 0.2) is 0 Å². The molecule has 0 bridgehead atoms. The number of nitrogens with one attached hydrogen (secondary N) is 1. The van der Waals surface area contributed by atoms with Gasteiger partial charge in [0.15, 0.2) is 0 Å². The Balaban J connectivity index is 4.24. The van der Waals surface area contributed by atoms with Crippen molar-refractivity contribution in [2.24, 2.45) is 0 Å². The van der Waals surface area contributed by atoms with E-state index in [2.05, 4.69) is 3.53 Å². The molecule has 60 valence electrons. The molecule has 0 fully saturated rings. The van der Waals surface area contributed by atoms with Gasteiger partial charge >= 0.3 is 0 Å². The number of amides is 1.